The Morgan fingerprint density at radius 3 is 2.52 bits per heavy atom. The second kappa shape index (κ2) is 6.96. The lowest BCUT2D eigenvalue weighted by Gasteiger charge is -2.59. The molecule has 4 aliphatic carbocycles. The number of hydrogen-bond acceptors (Lipinski definition) is 2. The summed E-state index contributed by atoms with van der Waals surface area (Å²) in [6, 6.07) is 0. The fourth-order valence-electron chi connectivity index (χ4n) is 9.68. The second-order valence-corrected chi connectivity index (χ2v) is 13.0. The molecule has 5 rings (SSSR count). The van der Waals surface area contributed by atoms with Crippen molar-refractivity contribution in [2.45, 2.75) is 123 Å². The van der Waals surface area contributed by atoms with Gasteiger partial charge < -0.3 is 9.84 Å². The molecule has 0 aromatic heterocycles. The smallest absolute Gasteiger partial charge is 0.103 e. The molecule has 0 radical (unpaired) electrons. The van der Waals surface area contributed by atoms with Crippen molar-refractivity contribution in [3.8, 4) is 0 Å². The molecule has 0 amide bonds. The van der Waals surface area contributed by atoms with Crippen molar-refractivity contribution >= 4 is 0 Å². The monoisotopic (exact) mass is 402 g/mol. The molecule has 29 heavy (non-hydrogen) atoms. The van der Waals surface area contributed by atoms with Crippen LogP contribution in [0.3, 0.4) is 0 Å². The zero-order chi connectivity index (χ0) is 20.6. The van der Waals surface area contributed by atoms with Gasteiger partial charge in [0.2, 0.25) is 0 Å². The first-order chi connectivity index (χ1) is 13.7. The van der Waals surface area contributed by atoms with E-state index in [2.05, 4.69) is 34.6 Å². The van der Waals surface area contributed by atoms with Gasteiger partial charge in [-0.25, -0.2) is 0 Å². The van der Waals surface area contributed by atoms with E-state index >= 15 is 0 Å². The van der Waals surface area contributed by atoms with Crippen LogP contribution in [0.4, 0.5) is 0 Å². The summed E-state index contributed by atoms with van der Waals surface area (Å²) in [5, 5.41) is 10.4. The molecule has 4 saturated carbocycles. The minimum atomic E-state index is -0.124. The van der Waals surface area contributed by atoms with Gasteiger partial charge >= 0.3 is 0 Å². The highest BCUT2D eigenvalue weighted by Gasteiger charge is 2.76. The third-order valence-electron chi connectivity index (χ3n) is 11.3. The van der Waals surface area contributed by atoms with E-state index < -0.39 is 0 Å². The molecule has 2 heteroatoms. The zero-order valence-corrected chi connectivity index (χ0v) is 19.8. The highest BCUT2D eigenvalue weighted by Crippen LogP contribution is 2.74. The van der Waals surface area contributed by atoms with Crippen molar-refractivity contribution in [3.63, 3.8) is 0 Å². The highest BCUT2D eigenvalue weighted by atomic mass is 16.6. The normalized spacial score (nSPS) is 54.3. The molecular weight excluding hydrogens is 356 g/mol. The molecule has 5 aliphatic rings. The van der Waals surface area contributed by atoms with Gasteiger partial charge in [-0.15, -0.1) is 0 Å². The van der Waals surface area contributed by atoms with Crippen molar-refractivity contribution in [2.24, 2.45) is 46.3 Å². The zero-order valence-electron chi connectivity index (χ0n) is 19.8. The maximum atomic E-state index is 10.4. The first-order valence-electron chi connectivity index (χ1n) is 13.1. The molecule has 0 bridgehead atoms. The molecule has 1 spiro atoms. The molecule has 2 nitrogen and oxygen atoms in total. The van der Waals surface area contributed by atoms with Gasteiger partial charge in [-0.3, -0.25) is 0 Å². The highest BCUT2D eigenvalue weighted by molar-refractivity contribution is 5.24. The SMILES string of the molecule is CC(C)CCC[C@H](C)[C@H]1CC[C@@H]2[C@@H]3C[C@H]4O[C@]45C[C@@H](O)CC[C@]5(C)[C@H]3CC[C@@]21C. The van der Waals surface area contributed by atoms with E-state index in [9.17, 15) is 5.11 Å². The topological polar surface area (TPSA) is 32.8 Å². The maximum Gasteiger partial charge on any atom is 0.103 e. The minimum absolute atomic E-state index is 0.0434. The maximum absolute atomic E-state index is 10.4. The lowest BCUT2D eigenvalue weighted by atomic mass is 9.44. The fourth-order valence-corrected chi connectivity index (χ4v) is 9.68. The van der Waals surface area contributed by atoms with Crippen molar-refractivity contribution in [2.75, 3.05) is 0 Å². The van der Waals surface area contributed by atoms with Gasteiger partial charge in [-0.1, -0.05) is 53.9 Å². The lowest BCUT2D eigenvalue weighted by molar-refractivity contribution is -0.116. The van der Waals surface area contributed by atoms with Crippen molar-refractivity contribution in [1.82, 2.24) is 0 Å². The Morgan fingerprint density at radius 2 is 1.76 bits per heavy atom. The van der Waals surface area contributed by atoms with Crippen LogP contribution in [0.1, 0.15) is 105 Å². The van der Waals surface area contributed by atoms with Crippen LogP contribution in [0.5, 0.6) is 0 Å². The third kappa shape index (κ3) is 2.94. The molecular formula is C27H46O2. The van der Waals surface area contributed by atoms with Crippen LogP contribution in [0, 0.1) is 46.3 Å². The first kappa shape index (κ1) is 20.8. The molecule has 1 heterocycles. The van der Waals surface area contributed by atoms with E-state index in [0.29, 0.717) is 16.9 Å². The number of hydrogen-bond donors (Lipinski definition) is 1. The van der Waals surface area contributed by atoms with Gasteiger partial charge in [0.05, 0.1) is 12.2 Å². The van der Waals surface area contributed by atoms with Gasteiger partial charge in [-0.2, -0.15) is 0 Å². The summed E-state index contributed by atoms with van der Waals surface area (Å²) >= 11 is 0. The van der Waals surface area contributed by atoms with Gasteiger partial charge in [0.25, 0.3) is 0 Å². The Morgan fingerprint density at radius 1 is 0.966 bits per heavy atom. The Kier molecular flexibility index (Phi) is 4.99. The first-order valence-corrected chi connectivity index (χ1v) is 13.1. The van der Waals surface area contributed by atoms with Crippen LogP contribution in [0.2, 0.25) is 0 Å². The Hall–Kier alpha value is -0.0800. The average molecular weight is 403 g/mol. The van der Waals surface area contributed by atoms with Crippen LogP contribution in [-0.2, 0) is 4.74 Å². The Labute approximate surface area is 179 Å². The van der Waals surface area contributed by atoms with E-state index in [4.69, 9.17) is 4.74 Å². The van der Waals surface area contributed by atoms with Gasteiger partial charge in [0.15, 0.2) is 0 Å². The summed E-state index contributed by atoms with van der Waals surface area (Å²) in [6.45, 7) is 12.6. The standard InChI is InChI=1S/C27H46O2/c1-17(2)7-6-8-18(3)21-9-10-22-20-15-24-27(29-24)16-19(28)11-14-26(27,5)23(20)12-13-25(21,22)4/h17-24,28H,6-16H2,1-5H3/t18-,19-,20-,21+,22+,23-,24+,25+,26+,27+/m0/s1. The second-order valence-electron chi connectivity index (χ2n) is 13.0. The largest absolute Gasteiger partial charge is 0.393 e. The molecule has 0 aromatic carbocycles. The summed E-state index contributed by atoms with van der Waals surface area (Å²) in [7, 11) is 0. The van der Waals surface area contributed by atoms with E-state index in [1.807, 2.05) is 0 Å². The number of aliphatic hydroxyl groups is 1. The summed E-state index contributed by atoms with van der Waals surface area (Å²) in [6.07, 6.45) is 14.8. The van der Waals surface area contributed by atoms with E-state index in [1.165, 1.54) is 57.8 Å². The quantitative estimate of drug-likeness (QED) is 0.525. The van der Waals surface area contributed by atoms with Crippen LogP contribution < -0.4 is 0 Å². The molecule has 0 unspecified atom stereocenters. The van der Waals surface area contributed by atoms with Crippen molar-refractivity contribution in [1.29, 1.82) is 0 Å². The predicted octanol–water partition coefficient (Wildman–Crippen LogP) is 6.60. The lowest BCUT2D eigenvalue weighted by Crippen LogP contribution is -2.58. The Bertz CT molecular complexity index is 630. The third-order valence-corrected chi connectivity index (χ3v) is 11.3. The number of aliphatic hydroxyl groups excluding tert-OH is 1. The number of fused-ring (bicyclic) bond motifs is 4. The predicted molar refractivity (Wildman–Crippen MR) is 119 cm³/mol. The van der Waals surface area contributed by atoms with E-state index in [0.717, 1.165) is 48.3 Å². The number of ether oxygens (including phenoxy) is 1. The molecule has 0 aromatic rings. The van der Waals surface area contributed by atoms with E-state index in [-0.39, 0.29) is 11.7 Å². The van der Waals surface area contributed by atoms with Gasteiger partial charge in [-0.05, 0) is 85.9 Å². The summed E-state index contributed by atoms with van der Waals surface area (Å²) in [5.74, 6) is 5.31. The molecule has 166 valence electrons. The minimum Gasteiger partial charge on any atom is -0.393 e. The van der Waals surface area contributed by atoms with E-state index in [1.54, 1.807) is 0 Å². The van der Waals surface area contributed by atoms with Crippen LogP contribution in [-0.4, -0.2) is 22.9 Å². The van der Waals surface area contributed by atoms with Crippen LogP contribution >= 0.6 is 0 Å². The summed E-state index contributed by atoms with van der Waals surface area (Å²) in [4.78, 5) is 0. The molecule has 5 fully saturated rings. The number of epoxide rings is 1. The van der Waals surface area contributed by atoms with Crippen molar-refractivity contribution in [3.05, 3.63) is 0 Å². The molecule has 1 saturated heterocycles. The number of rotatable bonds is 5. The van der Waals surface area contributed by atoms with Crippen molar-refractivity contribution < 1.29 is 9.84 Å². The molecule has 1 N–H and O–H groups in total. The molecule has 10 atom stereocenters. The van der Waals surface area contributed by atoms with Gasteiger partial charge in [0.1, 0.15) is 5.60 Å². The van der Waals surface area contributed by atoms with Crippen LogP contribution in [0.25, 0.3) is 0 Å². The average Bonchev–Trinajstić information content (AvgIpc) is 3.22. The van der Waals surface area contributed by atoms with Crippen LogP contribution in [0.15, 0.2) is 0 Å². The Balaban J connectivity index is 1.33. The fraction of sp³-hybridized carbons (Fsp3) is 1.00. The summed E-state index contributed by atoms with van der Waals surface area (Å²) in [5.41, 5.74) is 0.932. The van der Waals surface area contributed by atoms with Gasteiger partial charge in [0, 0.05) is 11.8 Å². The summed E-state index contributed by atoms with van der Waals surface area (Å²) < 4.78 is 6.51. The molecule has 1 aliphatic heterocycles.